The van der Waals surface area contributed by atoms with Crippen molar-refractivity contribution >= 4 is 11.6 Å². The van der Waals surface area contributed by atoms with E-state index in [-0.39, 0.29) is 6.42 Å². The van der Waals surface area contributed by atoms with Crippen LogP contribution in [0.4, 0.5) is 0 Å². The van der Waals surface area contributed by atoms with Crippen molar-refractivity contribution in [2.75, 3.05) is 0 Å². The van der Waals surface area contributed by atoms with E-state index in [0.717, 1.165) is 5.56 Å². The maximum atomic E-state index is 8.35. The fourth-order valence-corrected chi connectivity index (χ4v) is 1.23. The summed E-state index contributed by atoms with van der Waals surface area (Å²) in [4.78, 5) is 0. The maximum Gasteiger partial charge on any atom is 0.175 e. The van der Waals surface area contributed by atoms with Gasteiger partial charge in [0.25, 0.3) is 0 Å². The molecule has 0 unspecified atom stereocenters. The Hall–Kier alpha value is -2.37. The Kier molecular flexibility index (Phi) is 3.34. The van der Waals surface area contributed by atoms with Gasteiger partial charge in [0, 0.05) is 6.20 Å². The molecule has 0 saturated carbocycles. The molecular weight excluding hydrogens is 238 g/mol. The number of halogens is 1. The van der Waals surface area contributed by atoms with Crippen LogP contribution in [0.1, 0.15) is 12.0 Å². The third kappa shape index (κ3) is 2.81. The zero-order valence-corrected chi connectivity index (χ0v) is 9.39. The van der Waals surface area contributed by atoms with Gasteiger partial charge in [-0.1, -0.05) is 23.4 Å². The first-order valence-electron chi connectivity index (χ1n) is 4.69. The predicted molar refractivity (Wildman–Crippen MR) is 61.3 cm³/mol. The summed E-state index contributed by atoms with van der Waals surface area (Å²) in [6, 6.07) is 5.28. The number of rotatable bonds is 1. The molecule has 0 N–H and O–H groups in total. The Morgan fingerprint density at radius 2 is 2.24 bits per heavy atom. The lowest BCUT2D eigenvalue weighted by molar-refractivity contribution is 0.814. The smallest absolute Gasteiger partial charge is 0.175 e. The summed E-state index contributed by atoms with van der Waals surface area (Å²) >= 11 is 5.63. The average Bonchev–Trinajstić information content (AvgIpc) is 2.79. The fraction of sp³-hybridized carbons (Fsp3) is 0.0909. The van der Waals surface area contributed by atoms with Crippen molar-refractivity contribution in [1.29, 1.82) is 5.26 Å². The van der Waals surface area contributed by atoms with E-state index in [9.17, 15) is 0 Å². The van der Waals surface area contributed by atoms with Gasteiger partial charge in [0.1, 0.15) is 0 Å². The molecule has 0 aliphatic heterocycles. The second-order valence-electron chi connectivity index (χ2n) is 3.02. The minimum absolute atomic E-state index is 0.200. The van der Waals surface area contributed by atoms with E-state index in [0.29, 0.717) is 11.0 Å². The molecule has 6 heteroatoms. The van der Waals surface area contributed by atoms with Gasteiger partial charge in [-0.15, -0.1) is 10.2 Å². The highest BCUT2D eigenvalue weighted by Crippen LogP contribution is 2.07. The molecule has 0 fully saturated rings. The van der Waals surface area contributed by atoms with Crippen LogP contribution in [0, 0.1) is 23.2 Å². The van der Waals surface area contributed by atoms with E-state index in [1.807, 2.05) is 6.07 Å². The average molecular weight is 244 g/mol. The van der Waals surface area contributed by atoms with Crippen molar-refractivity contribution < 1.29 is 0 Å². The van der Waals surface area contributed by atoms with Crippen molar-refractivity contribution in [3.8, 4) is 23.7 Å². The zero-order chi connectivity index (χ0) is 12.1. The minimum atomic E-state index is 0.200. The predicted octanol–water partition coefficient (Wildman–Crippen LogP) is 1.58. The van der Waals surface area contributed by atoms with Gasteiger partial charge in [0.05, 0.1) is 24.3 Å². The van der Waals surface area contributed by atoms with E-state index in [1.54, 1.807) is 29.2 Å². The van der Waals surface area contributed by atoms with E-state index in [4.69, 9.17) is 16.9 Å². The van der Waals surface area contributed by atoms with Gasteiger partial charge in [0.15, 0.2) is 11.0 Å². The molecule has 0 radical (unpaired) electrons. The molecule has 17 heavy (non-hydrogen) atoms. The van der Waals surface area contributed by atoms with Crippen LogP contribution in [0.5, 0.6) is 0 Å². The summed E-state index contributed by atoms with van der Waals surface area (Å²) in [5.41, 5.74) is 0.719. The molecule has 2 aromatic heterocycles. The molecule has 2 aromatic rings. The molecule has 0 amide bonds. The van der Waals surface area contributed by atoms with Crippen LogP contribution < -0.4 is 0 Å². The van der Waals surface area contributed by atoms with Crippen molar-refractivity contribution in [3.63, 3.8) is 0 Å². The Morgan fingerprint density at radius 3 is 2.94 bits per heavy atom. The van der Waals surface area contributed by atoms with Gasteiger partial charge >= 0.3 is 0 Å². The molecule has 0 bridgehead atoms. The lowest BCUT2D eigenvalue weighted by Gasteiger charge is -1.96. The van der Waals surface area contributed by atoms with Gasteiger partial charge in [-0.05, 0) is 12.1 Å². The first-order valence-corrected chi connectivity index (χ1v) is 5.07. The van der Waals surface area contributed by atoms with Crippen molar-refractivity contribution in [1.82, 2.24) is 20.0 Å². The third-order valence-corrected chi connectivity index (χ3v) is 2.04. The number of hydrogen-bond donors (Lipinski definition) is 0. The van der Waals surface area contributed by atoms with Gasteiger partial charge < -0.3 is 0 Å². The Bertz CT molecular complexity index is 612. The highest BCUT2D eigenvalue weighted by molar-refractivity contribution is 6.29. The van der Waals surface area contributed by atoms with Crippen LogP contribution in [0.2, 0.25) is 5.15 Å². The van der Waals surface area contributed by atoms with Crippen LogP contribution in [0.25, 0.3) is 5.82 Å². The second kappa shape index (κ2) is 5.11. The monoisotopic (exact) mass is 243 g/mol. The molecule has 0 aliphatic carbocycles. The standard InChI is InChI=1S/C11H6ClN5/c12-10-4-5-11(16-15-10)17-8-9(7-14-17)3-1-2-6-13/h4-5,7-8H,2H2. The van der Waals surface area contributed by atoms with Gasteiger partial charge in [-0.25, -0.2) is 4.68 Å². The van der Waals surface area contributed by atoms with Crippen LogP contribution in [-0.2, 0) is 0 Å². The normalized spacial score (nSPS) is 9.18. The molecule has 2 rings (SSSR count). The van der Waals surface area contributed by atoms with Gasteiger partial charge in [-0.2, -0.15) is 10.4 Å². The lowest BCUT2D eigenvalue weighted by atomic mass is 10.3. The maximum absolute atomic E-state index is 8.35. The minimum Gasteiger partial charge on any atom is -0.220 e. The largest absolute Gasteiger partial charge is 0.220 e. The number of aromatic nitrogens is 4. The fourth-order valence-electron chi connectivity index (χ4n) is 1.13. The molecule has 2 heterocycles. The summed E-state index contributed by atoms with van der Waals surface area (Å²) in [6.07, 6.45) is 3.51. The zero-order valence-electron chi connectivity index (χ0n) is 8.63. The first-order chi connectivity index (χ1) is 8.29. The van der Waals surface area contributed by atoms with Crippen LogP contribution in [-0.4, -0.2) is 20.0 Å². The molecule has 0 spiro atoms. The lowest BCUT2D eigenvalue weighted by Crippen LogP contribution is -1.98. The van der Waals surface area contributed by atoms with Crippen molar-refractivity contribution in [2.45, 2.75) is 6.42 Å². The van der Waals surface area contributed by atoms with E-state index < -0.39 is 0 Å². The second-order valence-corrected chi connectivity index (χ2v) is 3.41. The van der Waals surface area contributed by atoms with E-state index in [2.05, 4.69) is 27.1 Å². The molecule has 0 atom stereocenters. The van der Waals surface area contributed by atoms with Crippen molar-refractivity contribution in [2.24, 2.45) is 0 Å². The summed E-state index contributed by atoms with van der Waals surface area (Å²) in [7, 11) is 0. The topological polar surface area (TPSA) is 67.4 Å². The highest BCUT2D eigenvalue weighted by atomic mass is 35.5. The van der Waals surface area contributed by atoms with Crippen LogP contribution in [0.15, 0.2) is 24.5 Å². The summed E-state index contributed by atoms with van der Waals surface area (Å²) in [6.45, 7) is 0. The van der Waals surface area contributed by atoms with Crippen molar-refractivity contribution in [3.05, 3.63) is 35.2 Å². The Labute approximate surface area is 103 Å². The third-order valence-electron chi connectivity index (χ3n) is 1.84. The molecule has 0 saturated heterocycles. The SMILES string of the molecule is N#CCC#Cc1cnn(-c2ccc(Cl)nn2)c1. The first kappa shape index (κ1) is 11.1. The molecular formula is C11H6ClN5. The Balaban J connectivity index is 2.22. The van der Waals surface area contributed by atoms with Crippen LogP contribution in [0.3, 0.4) is 0 Å². The van der Waals surface area contributed by atoms with Gasteiger partial charge in [-0.3, -0.25) is 0 Å². The molecule has 0 aromatic carbocycles. The highest BCUT2D eigenvalue weighted by Gasteiger charge is 2.00. The molecule has 5 nitrogen and oxygen atoms in total. The molecule has 0 aliphatic rings. The van der Waals surface area contributed by atoms with E-state index in [1.165, 1.54) is 0 Å². The van der Waals surface area contributed by atoms with E-state index >= 15 is 0 Å². The quantitative estimate of drug-likeness (QED) is 0.713. The number of hydrogen-bond acceptors (Lipinski definition) is 4. The van der Waals surface area contributed by atoms with Gasteiger partial charge in [0.2, 0.25) is 0 Å². The summed E-state index contributed by atoms with van der Waals surface area (Å²) in [5, 5.41) is 20.4. The summed E-state index contributed by atoms with van der Waals surface area (Å²) in [5.74, 6) is 6.08. The number of nitriles is 1. The van der Waals surface area contributed by atoms with Crippen LogP contribution >= 0.6 is 11.6 Å². The summed E-state index contributed by atoms with van der Waals surface area (Å²) < 4.78 is 1.54. The molecule has 82 valence electrons. The Morgan fingerprint density at radius 1 is 1.35 bits per heavy atom. The number of nitrogens with zero attached hydrogens (tertiary/aromatic N) is 5.